The molecule has 0 amide bonds. The van der Waals surface area contributed by atoms with Gasteiger partial charge in [0.15, 0.2) is 0 Å². The summed E-state index contributed by atoms with van der Waals surface area (Å²) in [4.78, 5) is 0. The third-order valence-electron chi connectivity index (χ3n) is 1.07. The van der Waals surface area contributed by atoms with E-state index >= 15 is 0 Å². The maximum atomic E-state index is 2.36. The highest BCUT2D eigenvalue weighted by molar-refractivity contribution is 5.85. The summed E-state index contributed by atoms with van der Waals surface area (Å²) in [6.45, 7) is 0. The molecule has 0 aliphatic heterocycles. The van der Waals surface area contributed by atoms with Crippen molar-refractivity contribution < 1.29 is 0 Å². The first-order valence-corrected chi connectivity index (χ1v) is 2.32. The van der Waals surface area contributed by atoms with Crippen molar-refractivity contribution >= 4 is 12.4 Å². The maximum absolute atomic E-state index is 2.36. The average Bonchev–Trinajstić information content (AvgIpc) is 1.76. The van der Waals surface area contributed by atoms with E-state index in [0.29, 0.717) is 0 Å². The van der Waals surface area contributed by atoms with E-state index in [1.165, 1.54) is 25.7 Å². The summed E-state index contributed by atoms with van der Waals surface area (Å²) in [6.07, 6.45) is 8.00. The standard InChI is InChI=1S/C5H9.ClH/c1-2-4-5-3-1;/h1H,2-5H2;1H. The molecule has 0 bridgehead atoms. The Hall–Kier alpha value is 0.290. The Morgan fingerprint density at radius 3 is 1.67 bits per heavy atom. The monoisotopic (exact) mass is 105 g/mol. The first-order chi connectivity index (χ1) is 2.50. The lowest BCUT2D eigenvalue weighted by Crippen LogP contribution is -1.50. The zero-order chi connectivity index (χ0) is 3.54. The molecule has 1 aliphatic carbocycles. The van der Waals surface area contributed by atoms with Gasteiger partial charge >= 0.3 is 0 Å². The molecule has 1 fully saturated rings. The van der Waals surface area contributed by atoms with Crippen molar-refractivity contribution in [3.05, 3.63) is 6.42 Å². The predicted octanol–water partition coefficient (Wildman–Crippen LogP) is 2.19. The fourth-order valence-corrected chi connectivity index (χ4v) is 0.722. The molecule has 0 N–H and O–H groups in total. The first kappa shape index (κ1) is 6.29. The second-order valence-electron chi connectivity index (χ2n) is 1.57. The fourth-order valence-electron chi connectivity index (χ4n) is 0.722. The molecule has 0 saturated heterocycles. The fraction of sp³-hybridized carbons (Fsp3) is 0.800. The summed E-state index contributed by atoms with van der Waals surface area (Å²) in [5.41, 5.74) is 0. The molecule has 0 heterocycles. The van der Waals surface area contributed by atoms with Crippen molar-refractivity contribution in [3.63, 3.8) is 0 Å². The van der Waals surface area contributed by atoms with E-state index in [1.54, 1.807) is 0 Å². The van der Waals surface area contributed by atoms with Gasteiger partial charge in [0.25, 0.3) is 0 Å². The Morgan fingerprint density at radius 1 is 1.00 bits per heavy atom. The minimum absolute atomic E-state index is 0. The van der Waals surface area contributed by atoms with E-state index in [0.717, 1.165) is 0 Å². The topological polar surface area (TPSA) is 0 Å². The molecule has 0 aromatic carbocycles. The Balaban J connectivity index is 0.000000250. The molecule has 0 atom stereocenters. The minimum Gasteiger partial charge on any atom is -0.147 e. The van der Waals surface area contributed by atoms with Crippen LogP contribution in [-0.4, -0.2) is 0 Å². The molecule has 1 radical (unpaired) electrons. The van der Waals surface area contributed by atoms with E-state index < -0.39 is 0 Å². The normalized spacial score (nSPS) is 20.0. The van der Waals surface area contributed by atoms with Gasteiger partial charge in [-0.15, -0.1) is 12.4 Å². The van der Waals surface area contributed by atoms with Crippen molar-refractivity contribution in [2.24, 2.45) is 0 Å². The number of hydrogen-bond donors (Lipinski definition) is 0. The molecule has 0 spiro atoms. The molecule has 6 heavy (non-hydrogen) atoms. The van der Waals surface area contributed by atoms with Gasteiger partial charge in [-0.25, -0.2) is 0 Å². The van der Waals surface area contributed by atoms with Crippen LogP contribution in [0, 0.1) is 6.42 Å². The summed E-state index contributed by atoms with van der Waals surface area (Å²) < 4.78 is 0. The van der Waals surface area contributed by atoms with E-state index in [-0.39, 0.29) is 12.4 Å². The molecule has 1 aliphatic rings. The number of hydrogen-bond acceptors (Lipinski definition) is 0. The predicted molar refractivity (Wildman–Crippen MR) is 30.0 cm³/mol. The van der Waals surface area contributed by atoms with Crippen molar-refractivity contribution in [3.8, 4) is 0 Å². The number of halogens is 1. The van der Waals surface area contributed by atoms with Crippen molar-refractivity contribution in [1.29, 1.82) is 0 Å². The Kier molecular flexibility index (Phi) is 3.65. The Morgan fingerprint density at radius 2 is 1.50 bits per heavy atom. The van der Waals surface area contributed by atoms with Crippen LogP contribution in [0.25, 0.3) is 0 Å². The second kappa shape index (κ2) is 3.48. The van der Waals surface area contributed by atoms with Crippen molar-refractivity contribution in [2.75, 3.05) is 0 Å². The summed E-state index contributed by atoms with van der Waals surface area (Å²) in [5, 5.41) is 0. The first-order valence-electron chi connectivity index (χ1n) is 2.32. The minimum atomic E-state index is 0. The summed E-state index contributed by atoms with van der Waals surface area (Å²) in [6, 6.07) is 0. The molecule has 37 valence electrons. The molecular formula is C5H10Cl. The van der Waals surface area contributed by atoms with E-state index in [1.807, 2.05) is 0 Å². The quantitative estimate of drug-likeness (QED) is 0.443. The van der Waals surface area contributed by atoms with Crippen LogP contribution in [0.4, 0.5) is 0 Å². The SMILES string of the molecule is Cl.[CH]1CCCC1. The zero-order valence-corrected chi connectivity index (χ0v) is 4.63. The van der Waals surface area contributed by atoms with Gasteiger partial charge in [0.05, 0.1) is 0 Å². The third-order valence-corrected chi connectivity index (χ3v) is 1.07. The van der Waals surface area contributed by atoms with Crippen LogP contribution in [0.2, 0.25) is 0 Å². The lowest BCUT2D eigenvalue weighted by Gasteiger charge is -1.67. The van der Waals surface area contributed by atoms with Crippen LogP contribution in [0.1, 0.15) is 25.7 Å². The highest BCUT2D eigenvalue weighted by Gasteiger charge is 1.95. The van der Waals surface area contributed by atoms with Gasteiger partial charge in [-0.2, -0.15) is 0 Å². The van der Waals surface area contributed by atoms with Gasteiger partial charge in [-0.1, -0.05) is 25.7 Å². The summed E-state index contributed by atoms with van der Waals surface area (Å²) >= 11 is 0. The van der Waals surface area contributed by atoms with Gasteiger partial charge < -0.3 is 0 Å². The van der Waals surface area contributed by atoms with Gasteiger partial charge in [0.2, 0.25) is 0 Å². The summed E-state index contributed by atoms with van der Waals surface area (Å²) in [5.74, 6) is 0. The highest BCUT2D eigenvalue weighted by atomic mass is 35.5. The van der Waals surface area contributed by atoms with Crippen LogP contribution < -0.4 is 0 Å². The summed E-state index contributed by atoms with van der Waals surface area (Å²) in [7, 11) is 0. The Labute approximate surface area is 45.3 Å². The molecular weight excluding hydrogens is 95.5 g/mol. The van der Waals surface area contributed by atoms with Crippen molar-refractivity contribution in [1.82, 2.24) is 0 Å². The Bertz CT molecular complexity index is 15.5. The smallest absolute Gasteiger partial charge is 0.0386 e. The molecule has 1 rings (SSSR count). The van der Waals surface area contributed by atoms with Crippen LogP contribution in [0.3, 0.4) is 0 Å². The molecule has 0 nitrogen and oxygen atoms in total. The van der Waals surface area contributed by atoms with Gasteiger partial charge in [0, 0.05) is 0 Å². The number of rotatable bonds is 0. The largest absolute Gasteiger partial charge is 0.147 e. The molecule has 0 aromatic heterocycles. The molecule has 1 heteroatoms. The van der Waals surface area contributed by atoms with Gasteiger partial charge in [-0.05, 0) is 6.42 Å². The van der Waals surface area contributed by atoms with Gasteiger partial charge in [-0.3, -0.25) is 0 Å². The van der Waals surface area contributed by atoms with Crippen LogP contribution in [0.5, 0.6) is 0 Å². The zero-order valence-electron chi connectivity index (χ0n) is 3.81. The average molecular weight is 106 g/mol. The molecule has 1 saturated carbocycles. The van der Waals surface area contributed by atoms with Crippen LogP contribution in [-0.2, 0) is 0 Å². The third kappa shape index (κ3) is 1.66. The second-order valence-corrected chi connectivity index (χ2v) is 1.57. The maximum Gasteiger partial charge on any atom is -0.0386 e. The lowest BCUT2D eigenvalue weighted by molar-refractivity contribution is 0.886. The lowest BCUT2D eigenvalue weighted by atomic mass is 10.4. The van der Waals surface area contributed by atoms with E-state index in [9.17, 15) is 0 Å². The molecule has 0 unspecified atom stereocenters. The van der Waals surface area contributed by atoms with Gasteiger partial charge in [0.1, 0.15) is 0 Å². The molecule has 0 aromatic rings. The highest BCUT2D eigenvalue weighted by Crippen LogP contribution is 2.13. The van der Waals surface area contributed by atoms with Crippen molar-refractivity contribution in [2.45, 2.75) is 25.7 Å². The van der Waals surface area contributed by atoms with Crippen LogP contribution >= 0.6 is 12.4 Å². The van der Waals surface area contributed by atoms with Crippen LogP contribution in [0.15, 0.2) is 0 Å². The van der Waals surface area contributed by atoms with E-state index in [2.05, 4.69) is 6.42 Å². The van der Waals surface area contributed by atoms with E-state index in [4.69, 9.17) is 0 Å².